The molecule has 0 heterocycles. The van der Waals surface area contributed by atoms with Crippen molar-refractivity contribution in [2.24, 2.45) is 5.73 Å². The minimum absolute atomic E-state index is 0.617. The third kappa shape index (κ3) is 4.39. The van der Waals surface area contributed by atoms with Gasteiger partial charge in [0, 0.05) is 13.3 Å². The van der Waals surface area contributed by atoms with E-state index in [9.17, 15) is 18.8 Å². The van der Waals surface area contributed by atoms with Crippen LogP contribution in [0.3, 0.4) is 0 Å². The van der Waals surface area contributed by atoms with Gasteiger partial charge in [0.1, 0.15) is 6.04 Å². The summed E-state index contributed by atoms with van der Waals surface area (Å²) in [5, 5.41) is 10.5. The molecule has 0 spiro atoms. The monoisotopic (exact) mass is 206 g/mol. The number of primary amides is 1. The third-order valence-corrected chi connectivity index (χ3v) is 1.43. The van der Waals surface area contributed by atoms with Crippen LogP contribution in [0.2, 0.25) is 0 Å². The van der Waals surface area contributed by atoms with Crippen molar-refractivity contribution in [3.8, 4) is 0 Å². The molecule has 2 atom stereocenters. The summed E-state index contributed by atoms with van der Waals surface area (Å²) in [7, 11) is 0. The average molecular weight is 206 g/mol. The van der Waals surface area contributed by atoms with Gasteiger partial charge in [-0.1, -0.05) is 0 Å². The lowest BCUT2D eigenvalue weighted by Crippen LogP contribution is -2.43. The Balaban J connectivity index is 4.30. The van der Waals surface area contributed by atoms with E-state index in [-0.39, 0.29) is 0 Å². The number of alkyl halides is 1. The number of amides is 2. The van der Waals surface area contributed by atoms with E-state index in [1.165, 1.54) is 0 Å². The van der Waals surface area contributed by atoms with Crippen molar-refractivity contribution in [1.29, 1.82) is 0 Å². The van der Waals surface area contributed by atoms with E-state index in [1.54, 1.807) is 0 Å². The Bertz CT molecular complexity index is 256. The second kappa shape index (κ2) is 5.15. The number of hydrogen-bond donors (Lipinski definition) is 3. The molecule has 0 aliphatic rings. The van der Waals surface area contributed by atoms with E-state index in [4.69, 9.17) is 5.11 Å². The van der Waals surface area contributed by atoms with Gasteiger partial charge < -0.3 is 16.2 Å². The summed E-state index contributed by atoms with van der Waals surface area (Å²) >= 11 is 0. The summed E-state index contributed by atoms with van der Waals surface area (Å²) in [6.07, 6.45) is -2.74. The smallest absolute Gasteiger partial charge is 0.326 e. The summed E-state index contributed by atoms with van der Waals surface area (Å²) in [6.45, 7) is 1.09. The van der Waals surface area contributed by atoms with Crippen LogP contribution in [-0.4, -0.2) is 35.1 Å². The molecule has 80 valence electrons. The summed E-state index contributed by atoms with van der Waals surface area (Å²) in [4.78, 5) is 31.2. The predicted molar refractivity (Wildman–Crippen MR) is 43.9 cm³/mol. The number of carboxylic acid groups (broad SMARTS) is 1. The number of nitrogens with one attached hydrogen (secondary N) is 1. The fraction of sp³-hybridized carbons (Fsp3) is 0.571. The van der Waals surface area contributed by atoms with Crippen LogP contribution in [0.25, 0.3) is 0 Å². The summed E-state index contributed by atoms with van der Waals surface area (Å²) in [5.41, 5.74) is 4.60. The maximum absolute atomic E-state index is 12.7. The molecule has 4 N–H and O–H groups in total. The molecule has 0 saturated heterocycles. The number of nitrogens with two attached hydrogens (primary N) is 1. The van der Waals surface area contributed by atoms with Gasteiger partial charge in [0.2, 0.25) is 5.91 Å². The van der Waals surface area contributed by atoms with Crippen molar-refractivity contribution in [1.82, 2.24) is 5.32 Å². The SMILES string of the molecule is CC(=O)N[C@@H](C[C@H](F)C(N)=O)C(=O)O. The van der Waals surface area contributed by atoms with E-state index in [0.717, 1.165) is 6.92 Å². The highest BCUT2D eigenvalue weighted by Gasteiger charge is 2.25. The first-order valence-electron chi connectivity index (χ1n) is 3.78. The largest absolute Gasteiger partial charge is 0.480 e. The zero-order valence-electron chi connectivity index (χ0n) is 7.49. The Labute approximate surface area is 79.3 Å². The molecule has 0 unspecified atom stereocenters. The first-order chi connectivity index (χ1) is 6.34. The molecular formula is C7H11FN2O4. The number of carboxylic acids is 1. The van der Waals surface area contributed by atoms with E-state index in [2.05, 4.69) is 5.73 Å². The van der Waals surface area contributed by atoms with Crippen molar-refractivity contribution in [2.75, 3.05) is 0 Å². The van der Waals surface area contributed by atoms with Crippen LogP contribution in [0.4, 0.5) is 4.39 Å². The summed E-state index contributed by atoms with van der Waals surface area (Å²) in [5.74, 6) is -3.28. The molecule has 14 heavy (non-hydrogen) atoms. The topological polar surface area (TPSA) is 109 Å². The number of hydrogen-bond acceptors (Lipinski definition) is 3. The van der Waals surface area contributed by atoms with E-state index in [1.807, 2.05) is 5.32 Å². The van der Waals surface area contributed by atoms with Gasteiger partial charge >= 0.3 is 5.97 Å². The van der Waals surface area contributed by atoms with Gasteiger partial charge in [-0.25, -0.2) is 9.18 Å². The molecule has 7 heteroatoms. The normalized spacial score (nSPS) is 14.1. The van der Waals surface area contributed by atoms with Gasteiger partial charge in [0.15, 0.2) is 6.17 Å². The van der Waals surface area contributed by atoms with Crippen LogP contribution in [-0.2, 0) is 14.4 Å². The minimum atomic E-state index is -2.08. The molecule has 0 aliphatic heterocycles. The fourth-order valence-electron chi connectivity index (χ4n) is 0.790. The molecule has 0 aromatic heterocycles. The highest BCUT2D eigenvalue weighted by atomic mass is 19.1. The second-order valence-corrected chi connectivity index (χ2v) is 2.70. The van der Waals surface area contributed by atoms with Crippen molar-refractivity contribution >= 4 is 17.8 Å². The molecule has 0 aliphatic carbocycles. The Morgan fingerprint density at radius 3 is 2.29 bits per heavy atom. The molecule has 0 saturated carbocycles. The molecule has 0 aromatic carbocycles. The minimum Gasteiger partial charge on any atom is -0.480 e. The number of carbonyl (C=O) groups excluding carboxylic acids is 2. The standard InChI is InChI=1S/C7H11FN2O4/c1-3(11)10-5(7(13)14)2-4(8)6(9)12/h4-5H,2H2,1H3,(H2,9,12)(H,10,11)(H,13,14)/t4-,5-/m0/s1. The number of rotatable bonds is 5. The summed E-state index contributed by atoms with van der Waals surface area (Å²) in [6, 6.07) is -1.44. The average Bonchev–Trinajstić information content (AvgIpc) is 2.01. The van der Waals surface area contributed by atoms with Gasteiger partial charge in [-0.2, -0.15) is 0 Å². The van der Waals surface area contributed by atoms with E-state index < -0.39 is 36.4 Å². The summed E-state index contributed by atoms with van der Waals surface area (Å²) < 4.78 is 12.7. The Kier molecular flexibility index (Phi) is 4.54. The maximum Gasteiger partial charge on any atom is 0.326 e. The fourth-order valence-corrected chi connectivity index (χ4v) is 0.790. The van der Waals surface area contributed by atoms with Gasteiger partial charge in [0.25, 0.3) is 5.91 Å². The van der Waals surface area contributed by atoms with Gasteiger partial charge in [-0.15, -0.1) is 0 Å². The van der Waals surface area contributed by atoms with Crippen LogP contribution >= 0.6 is 0 Å². The van der Waals surface area contributed by atoms with Crippen molar-refractivity contribution < 1.29 is 23.9 Å². The lowest BCUT2D eigenvalue weighted by Gasteiger charge is -2.13. The molecule has 0 aromatic rings. The van der Waals surface area contributed by atoms with E-state index in [0.29, 0.717) is 0 Å². The lowest BCUT2D eigenvalue weighted by atomic mass is 10.1. The van der Waals surface area contributed by atoms with Crippen LogP contribution in [0, 0.1) is 0 Å². The quantitative estimate of drug-likeness (QED) is 0.524. The van der Waals surface area contributed by atoms with Crippen molar-refractivity contribution in [2.45, 2.75) is 25.6 Å². The number of carbonyl (C=O) groups is 3. The third-order valence-electron chi connectivity index (χ3n) is 1.43. The Hall–Kier alpha value is -1.66. The van der Waals surface area contributed by atoms with Crippen LogP contribution in [0.15, 0.2) is 0 Å². The first kappa shape index (κ1) is 12.3. The Morgan fingerprint density at radius 2 is 2.00 bits per heavy atom. The van der Waals surface area contributed by atoms with Crippen LogP contribution in [0.1, 0.15) is 13.3 Å². The van der Waals surface area contributed by atoms with Crippen LogP contribution < -0.4 is 11.1 Å². The van der Waals surface area contributed by atoms with E-state index >= 15 is 0 Å². The molecule has 0 radical (unpaired) electrons. The van der Waals surface area contributed by atoms with Gasteiger partial charge in [0.05, 0.1) is 0 Å². The molecule has 2 amide bonds. The maximum atomic E-state index is 12.7. The van der Waals surface area contributed by atoms with Crippen LogP contribution in [0.5, 0.6) is 0 Å². The van der Waals surface area contributed by atoms with Gasteiger partial charge in [-0.05, 0) is 0 Å². The highest BCUT2D eigenvalue weighted by Crippen LogP contribution is 2.02. The predicted octanol–water partition coefficient (Wildman–Crippen LogP) is -1.21. The zero-order valence-corrected chi connectivity index (χ0v) is 7.49. The molecule has 0 bridgehead atoms. The molecule has 0 rings (SSSR count). The lowest BCUT2D eigenvalue weighted by molar-refractivity contribution is -0.142. The van der Waals surface area contributed by atoms with Gasteiger partial charge in [-0.3, -0.25) is 9.59 Å². The first-order valence-corrected chi connectivity index (χ1v) is 3.78. The molecule has 6 nitrogen and oxygen atoms in total. The zero-order chi connectivity index (χ0) is 11.3. The number of halogens is 1. The number of aliphatic carboxylic acids is 1. The van der Waals surface area contributed by atoms with Crippen molar-refractivity contribution in [3.05, 3.63) is 0 Å². The molecular weight excluding hydrogens is 195 g/mol. The highest BCUT2D eigenvalue weighted by molar-refractivity contribution is 5.84. The molecule has 0 fully saturated rings. The second-order valence-electron chi connectivity index (χ2n) is 2.70. The Morgan fingerprint density at radius 1 is 1.50 bits per heavy atom. The van der Waals surface area contributed by atoms with Crippen molar-refractivity contribution in [3.63, 3.8) is 0 Å².